The molecule has 1 N–H and O–H groups in total. The van der Waals surface area contributed by atoms with Gasteiger partial charge in [-0.25, -0.2) is 0 Å². The van der Waals surface area contributed by atoms with Gasteiger partial charge >= 0.3 is 6.18 Å². The summed E-state index contributed by atoms with van der Waals surface area (Å²) >= 11 is 0. The third-order valence-electron chi connectivity index (χ3n) is 2.99. The number of hydrogen-bond acceptors (Lipinski definition) is 1. The number of rotatable bonds is 3. The highest BCUT2D eigenvalue weighted by molar-refractivity contribution is 5.38. The summed E-state index contributed by atoms with van der Waals surface area (Å²) in [7, 11) is 1.34. The first-order valence-electron chi connectivity index (χ1n) is 5.56. The Hall–Kier alpha value is -1.03. The summed E-state index contributed by atoms with van der Waals surface area (Å²) in [6, 6.07) is 2.36. The van der Waals surface area contributed by atoms with Crippen molar-refractivity contribution in [3.8, 4) is 0 Å². The van der Waals surface area contributed by atoms with Gasteiger partial charge in [-0.15, -0.1) is 0 Å². The van der Waals surface area contributed by atoms with Crippen LogP contribution in [0, 0.1) is 20.8 Å². The number of hydrogen-bond donors (Lipinski definition) is 1. The van der Waals surface area contributed by atoms with Crippen molar-refractivity contribution >= 4 is 0 Å². The van der Waals surface area contributed by atoms with Crippen LogP contribution in [0.15, 0.2) is 12.1 Å². The highest BCUT2D eigenvalue weighted by atomic mass is 19.4. The summed E-state index contributed by atoms with van der Waals surface area (Å²) in [6.45, 7) is 5.67. The Bertz CT molecular complexity index is 373. The molecule has 1 nitrogen and oxygen atoms in total. The second-order valence-corrected chi connectivity index (χ2v) is 4.46. The number of aryl methyl sites for hydroxylation is 3. The molecule has 0 radical (unpaired) electrons. The molecule has 0 amide bonds. The van der Waals surface area contributed by atoms with E-state index < -0.39 is 12.2 Å². The normalized spacial score (nSPS) is 13.8. The predicted molar refractivity (Wildman–Crippen MR) is 63.3 cm³/mol. The molecule has 0 aliphatic carbocycles. The number of halogens is 3. The van der Waals surface area contributed by atoms with E-state index in [1.54, 1.807) is 0 Å². The van der Waals surface area contributed by atoms with Crippen LogP contribution in [0.5, 0.6) is 0 Å². The van der Waals surface area contributed by atoms with Crippen LogP contribution in [0.3, 0.4) is 0 Å². The molecule has 0 bridgehead atoms. The first kappa shape index (κ1) is 14.0. The largest absolute Gasteiger partial charge is 0.404 e. The number of alkyl halides is 3. The summed E-state index contributed by atoms with van der Waals surface area (Å²) in [5.74, 6) is 0. The van der Waals surface area contributed by atoms with Crippen molar-refractivity contribution < 1.29 is 13.2 Å². The van der Waals surface area contributed by atoms with Gasteiger partial charge in [0, 0.05) is 0 Å². The van der Waals surface area contributed by atoms with E-state index in [0.717, 1.165) is 22.3 Å². The molecule has 1 atom stereocenters. The van der Waals surface area contributed by atoms with Crippen LogP contribution in [0.2, 0.25) is 0 Å². The summed E-state index contributed by atoms with van der Waals surface area (Å²) in [5, 5.41) is 2.33. The molecule has 96 valence electrons. The van der Waals surface area contributed by atoms with Gasteiger partial charge in [-0.3, -0.25) is 0 Å². The molecule has 0 saturated heterocycles. The Morgan fingerprint density at radius 2 is 1.59 bits per heavy atom. The molecular formula is C13H18F3N. The van der Waals surface area contributed by atoms with Crippen LogP contribution in [-0.2, 0) is 6.42 Å². The molecule has 0 spiro atoms. The summed E-state index contributed by atoms with van der Waals surface area (Å²) in [6.07, 6.45) is -4.23. The third-order valence-corrected chi connectivity index (χ3v) is 2.99. The smallest absolute Gasteiger partial charge is 0.309 e. The van der Waals surface area contributed by atoms with Crippen LogP contribution in [-0.4, -0.2) is 19.3 Å². The maximum atomic E-state index is 12.7. The lowest BCUT2D eigenvalue weighted by Crippen LogP contribution is -2.42. The van der Waals surface area contributed by atoms with Crippen LogP contribution >= 0.6 is 0 Å². The molecule has 0 aliphatic rings. The van der Waals surface area contributed by atoms with E-state index in [0.29, 0.717) is 0 Å². The van der Waals surface area contributed by atoms with Gasteiger partial charge in [0.25, 0.3) is 0 Å². The van der Waals surface area contributed by atoms with E-state index in [-0.39, 0.29) is 6.42 Å². The zero-order valence-electron chi connectivity index (χ0n) is 10.6. The quantitative estimate of drug-likeness (QED) is 0.861. The van der Waals surface area contributed by atoms with Crippen molar-refractivity contribution in [2.24, 2.45) is 0 Å². The maximum absolute atomic E-state index is 12.7. The minimum Gasteiger partial charge on any atom is -0.309 e. The van der Waals surface area contributed by atoms with Crippen molar-refractivity contribution in [2.75, 3.05) is 7.05 Å². The van der Waals surface area contributed by atoms with Crippen molar-refractivity contribution in [3.05, 3.63) is 34.4 Å². The summed E-state index contributed by atoms with van der Waals surface area (Å²) in [4.78, 5) is 0. The van der Waals surface area contributed by atoms with Gasteiger partial charge in [-0.2, -0.15) is 13.2 Å². The van der Waals surface area contributed by atoms with Gasteiger partial charge in [-0.05, 0) is 50.9 Å². The van der Waals surface area contributed by atoms with Gasteiger partial charge in [0.15, 0.2) is 0 Å². The fourth-order valence-corrected chi connectivity index (χ4v) is 2.12. The Balaban J connectivity index is 3.02. The first-order valence-corrected chi connectivity index (χ1v) is 5.56. The average molecular weight is 245 g/mol. The van der Waals surface area contributed by atoms with Crippen molar-refractivity contribution in [3.63, 3.8) is 0 Å². The summed E-state index contributed by atoms with van der Waals surface area (Å²) < 4.78 is 38.1. The maximum Gasteiger partial charge on any atom is 0.404 e. The van der Waals surface area contributed by atoms with E-state index in [1.165, 1.54) is 7.05 Å². The van der Waals surface area contributed by atoms with Gasteiger partial charge in [0.2, 0.25) is 0 Å². The molecule has 0 aromatic heterocycles. The molecule has 0 fully saturated rings. The molecule has 0 saturated carbocycles. The highest BCUT2D eigenvalue weighted by Crippen LogP contribution is 2.26. The lowest BCUT2D eigenvalue weighted by Gasteiger charge is -2.22. The molecule has 17 heavy (non-hydrogen) atoms. The van der Waals surface area contributed by atoms with E-state index >= 15 is 0 Å². The van der Waals surface area contributed by atoms with E-state index in [1.807, 2.05) is 32.9 Å². The fraction of sp³-hybridized carbons (Fsp3) is 0.538. The highest BCUT2D eigenvalue weighted by Gasteiger charge is 2.38. The second-order valence-electron chi connectivity index (χ2n) is 4.46. The SMILES string of the molecule is CNC(Cc1c(C)cc(C)cc1C)C(F)(F)F. The Morgan fingerprint density at radius 1 is 1.12 bits per heavy atom. The van der Waals surface area contributed by atoms with Crippen molar-refractivity contribution in [1.29, 1.82) is 0 Å². The molecule has 0 heterocycles. The van der Waals surface area contributed by atoms with Gasteiger partial charge in [0.05, 0.1) is 0 Å². The fourth-order valence-electron chi connectivity index (χ4n) is 2.12. The molecular weight excluding hydrogens is 227 g/mol. The van der Waals surface area contributed by atoms with Crippen molar-refractivity contribution in [2.45, 2.75) is 39.4 Å². The molecule has 1 unspecified atom stereocenters. The standard InChI is InChI=1S/C13H18F3N/c1-8-5-9(2)11(10(3)6-8)7-12(17-4)13(14,15)16/h5-6,12,17H,7H2,1-4H3. The van der Waals surface area contributed by atoms with Crippen LogP contribution in [0.1, 0.15) is 22.3 Å². The Labute approximate surface area is 100 Å². The molecule has 4 heteroatoms. The molecule has 1 rings (SSSR count). The van der Waals surface area contributed by atoms with Gasteiger partial charge in [0.1, 0.15) is 6.04 Å². The third kappa shape index (κ3) is 3.46. The molecule has 0 aliphatic heterocycles. The number of benzene rings is 1. The summed E-state index contributed by atoms with van der Waals surface area (Å²) in [5.41, 5.74) is 3.71. The van der Waals surface area contributed by atoms with E-state index in [2.05, 4.69) is 5.32 Å². The minimum atomic E-state index is -4.21. The topological polar surface area (TPSA) is 12.0 Å². The van der Waals surface area contributed by atoms with Crippen molar-refractivity contribution in [1.82, 2.24) is 5.32 Å². The number of likely N-dealkylation sites (N-methyl/N-ethyl adjacent to an activating group) is 1. The Morgan fingerprint density at radius 3 is 1.94 bits per heavy atom. The predicted octanol–water partition coefficient (Wildman–Crippen LogP) is 3.30. The monoisotopic (exact) mass is 245 g/mol. The van der Waals surface area contributed by atoms with Crippen LogP contribution in [0.25, 0.3) is 0 Å². The number of nitrogens with one attached hydrogen (secondary N) is 1. The lowest BCUT2D eigenvalue weighted by molar-refractivity contribution is -0.154. The van der Waals surface area contributed by atoms with E-state index in [4.69, 9.17) is 0 Å². The molecule has 1 aromatic rings. The Kier molecular flexibility index (Phi) is 4.20. The van der Waals surface area contributed by atoms with E-state index in [9.17, 15) is 13.2 Å². The minimum absolute atomic E-state index is 0.0159. The lowest BCUT2D eigenvalue weighted by atomic mass is 9.94. The zero-order chi connectivity index (χ0) is 13.2. The molecule has 1 aromatic carbocycles. The van der Waals surface area contributed by atoms with Crippen LogP contribution in [0.4, 0.5) is 13.2 Å². The first-order chi connectivity index (χ1) is 7.75. The second kappa shape index (κ2) is 5.08. The van der Waals surface area contributed by atoms with Crippen LogP contribution < -0.4 is 5.32 Å². The average Bonchev–Trinajstić information content (AvgIpc) is 2.14. The zero-order valence-corrected chi connectivity index (χ0v) is 10.6. The van der Waals surface area contributed by atoms with Gasteiger partial charge < -0.3 is 5.32 Å². The van der Waals surface area contributed by atoms with Gasteiger partial charge in [-0.1, -0.05) is 17.7 Å².